The Labute approximate surface area is 219 Å². The van der Waals surface area contributed by atoms with Crippen molar-refractivity contribution in [1.29, 1.82) is 0 Å². The highest BCUT2D eigenvalue weighted by Gasteiger charge is 2.36. The molecule has 0 aliphatic rings. The molecule has 0 amide bonds. The summed E-state index contributed by atoms with van der Waals surface area (Å²) in [4.78, 5) is 31.8. The fourth-order valence-electron chi connectivity index (χ4n) is 3.99. The number of hydrogen-bond acceptors (Lipinski definition) is 6. The van der Waals surface area contributed by atoms with Gasteiger partial charge in [0.1, 0.15) is 12.4 Å². The Morgan fingerprint density at radius 1 is 1.21 bits per heavy atom. The number of para-hydroxylation sites is 1. The van der Waals surface area contributed by atoms with E-state index in [9.17, 15) is 31.2 Å². The van der Waals surface area contributed by atoms with Gasteiger partial charge in [-0.05, 0) is 42.8 Å². The first-order chi connectivity index (χ1) is 17.8. The molecular weight excluding hydrogens is 549 g/mol. The van der Waals surface area contributed by atoms with Crippen molar-refractivity contribution >= 4 is 44.1 Å². The molecule has 0 aliphatic heterocycles. The van der Waals surface area contributed by atoms with Crippen molar-refractivity contribution in [3.8, 4) is 0 Å². The fraction of sp³-hybridized carbons (Fsp3) is 0.208. The maximum absolute atomic E-state index is 13.7. The van der Waals surface area contributed by atoms with Crippen LogP contribution in [0, 0.1) is 6.92 Å². The molecule has 2 aromatic heterocycles. The quantitative estimate of drug-likeness (QED) is 0.263. The Balaban J connectivity index is 1.92. The number of hydrogen-bond donors (Lipinski definition) is 1. The second kappa shape index (κ2) is 9.89. The zero-order valence-electron chi connectivity index (χ0n) is 20.1. The van der Waals surface area contributed by atoms with Gasteiger partial charge < -0.3 is 9.72 Å². The molecule has 2 heterocycles. The number of aryl methyl sites for hydroxylation is 2. The molecule has 0 aliphatic carbocycles. The topological polar surface area (TPSA) is 114 Å². The SMILES string of the molecule is COCN(c1cc(Cl)cnc1C(=O)c1cccc2[nH]c(=O)n(C)c12)S(=O)(=O)c1ccc(C)c(C(F)(F)F)c1. The van der Waals surface area contributed by atoms with Crippen LogP contribution in [0.25, 0.3) is 11.0 Å². The van der Waals surface area contributed by atoms with Gasteiger partial charge in [-0.3, -0.25) is 9.36 Å². The van der Waals surface area contributed by atoms with E-state index in [-0.39, 0.29) is 33.0 Å². The summed E-state index contributed by atoms with van der Waals surface area (Å²) in [6.45, 7) is 0.533. The summed E-state index contributed by atoms with van der Waals surface area (Å²) in [5, 5.41) is -0.0417. The lowest BCUT2D eigenvalue weighted by atomic mass is 10.0. The average molecular weight is 569 g/mol. The molecule has 4 aromatic rings. The van der Waals surface area contributed by atoms with E-state index in [4.69, 9.17) is 16.3 Å². The minimum Gasteiger partial charge on any atom is -0.363 e. The molecule has 0 atom stereocenters. The standard InChI is InChI=1S/C24H20ClF3N4O5S/c1-13-7-8-15(10-17(13)24(26,27)28)38(35,36)32(12-37-3)19-9-14(25)11-29-20(19)22(33)16-5-4-6-18-21(16)31(2)23(34)30-18/h4-11H,12H2,1-3H3,(H,30,34). The van der Waals surface area contributed by atoms with Crippen LogP contribution in [0.2, 0.25) is 5.02 Å². The third kappa shape index (κ3) is 4.79. The molecule has 0 bridgehead atoms. The maximum atomic E-state index is 13.7. The Bertz CT molecular complexity index is 1730. The van der Waals surface area contributed by atoms with Crippen LogP contribution in [0.15, 0.2) is 58.4 Å². The second-order valence-corrected chi connectivity index (χ2v) is 10.6. The summed E-state index contributed by atoms with van der Waals surface area (Å²) in [6.07, 6.45) is -3.68. The van der Waals surface area contributed by atoms with Crippen molar-refractivity contribution < 1.29 is 31.1 Å². The van der Waals surface area contributed by atoms with Gasteiger partial charge >= 0.3 is 11.9 Å². The summed E-state index contributed by atoms with van der Waals surface area (Å²) in [6, 6.07) is 8.27. The first kappa shape index (κ1) is 27.4. The van der Waals surface area contributed by atoms with Gasteiger partial charge in [-0.15, -0.1) is 0 Å². The highest BCUT2D eigenvalue weighted by atomic mass is 35.5. The number of methoxy groups -OCH3 is 1. The maximum Gasteiger partial charge on any atom is 0.416 e. The number of nitrogens with zero attached hydrogens (tertiary/aromatic N) is 3. The van der Waals surface area contributed by atoms with Crippen LogP contribution in [0.3, 0.4) is 0 Å². The van der Waals surface area contributed by atoms with Crippen LogP contribution in [0.4, 0.5) is 18.9 Å². The van der Waals surface area contributed by atoms with E-state index in [2.05, 4.69) is 9.97 Å². The van der Waals surface area contributed by atoms with Crippen LogP contribution in [-0.4, -0.2) is 42.6 Å². The largest absolute Gasteiger partial charge is 0.416 e. The van der Waals surface area contributed by atoms with Gasteiger partial charge in [-0.1, -0.05) is 23.7 Å². The molecule has 14 heteroatoms. The summed E-state index contributed by atoms with van der Waals surface area (Å²) >= 11 is 6.10. The Morgan fingerprint density at radius 3 is 2.58 bits per heavy atom. The highest BCUT2D eigenvalue weighted by Crippen LogP contribution is 2.36. The van der Waals surface area contributed by atoms with Crippen molar-refractivity contribution in [1.82, 2.24) is 14.5 Å². The number of nitrogens with one attached hydrogen (secondary N) is 1. The van der Waals surface area contributed by atoms with Crippen LogP contribution < -0.4 is 9.99 Å². The van der Waals surface area contributed by atoms with Crippen LogP contribution >= 0.6 is 11.6 Å². The molecule has 0 unspecified atom stereocenters. The Morgan fingerprint density at radius 2 is 1.92 bits per heavy atom. The number of sulfonamides is 1. The normalized spacial score (nSPS) is 12.2. The molecule has 0 fully saturated rings. The van der Waals surface area contributed by atoms with Crippen LogP contribution in [0.1, 0.15) is 27.2 Å². The van der Waals surface area contributed by atoms with Gasteiger partial charge in [-0.25, -0.2) is 22.5 Å². The molecule has 38 heavy (non-hydrogen) atoms. The molecule has 4 rings (SSSR count). The average Bonchev–Trinajstić information content (AvgIpc) is 3.14. The first-order valence-electron chi connectivity index (χ1n) is 10.8. The number of rotatable bonds is 7. The fourth-order valence-corrected chi connectivity index (χ4v) is 5.55. The van der Waals surface area contributed by atoms with Gasteiger partial charge in [0.05, 0.1) is 37.8 Å². The third-order valence-corrected chi connectivity index (χ3v) is 7.77. The number of carbonyl (C=O) groups is 1. The molecule has 0 radical (unpaired) electrons. The minimum atomic E-state index is -4.80. The van der Waals surface area contributed by atoms with Crippen molar-refractivity contribution in [3.63, 3.8) is 0 Å². The number of imidazole rings is 1. The highest BCUT2D eigenvalue weighted by molar-refractivity contribution is 7.92. The van der Waals surface area contributed by atoms with Crippen molar-refractivity contribution in [2.24, 2.45) is 7.05 Å². The lowest BCUT2D eigenvalue weighted by Gasteiger charge is -2.26. The molecular formula is C24H20ClF3N4O5S. The van der Waals surface area contributed by atoms with E-state index in [1.54, 1.807) is 6.07 Å². The van der Waals surface area contributed by atoms with Crippen LogP contribution in [-0.2, 0) is 28.0 Å². The predicted molar refractivity (Wildman–Crippen MR) is 134 cm³/mol. The molecule has 1 N–H and O–H groups in total. The third-order valence-electron chi connectivity index (χ3n) is 5.83. The number of aromatic nitrogens is 3. The summed E-state index contributed by atoms with van der Waals surface area (Å²) < 4.78 is 74.8. The first-order valence-corrected chi connectivity index (χ1v) is 12.7. The lowest BCUT2D eigenvalue weighted by Crippen LogP contribution is -2.34. The molecule has 0 spiro atoms. The van der Waals surface area contributed by atoms with Gasteiger partial charge in [-0.2, -0.15) is 13.2 Å². The van der Waals surface area contributed by atoms with E-state index in [1.165, 1.54) is 37.8 Å². The zero-order valence-corrected chi connectivity index (χ0v) is 21.7. The Kier molecular flexibility index (Phi) is 7.12. The monoisotopic (exact) mass is 568 g/mol. The number of ether oxygens (including phenoxy) is 1. The molecule has 9 nitrogen and oxygen atoms in total. The summed E-state index contributed by atoms with van der Waals surface area (Å²) in [7, 11) is -2.10. The van der Waals surface area contributed by atoms with Crippen LogP contribution in [0.5, 0.6) is 0 Å². The smallest absolute Gasteiger partial charge is 0.363 e. The van der Waals surface area contributed by atoms with E-state index in [0.29, 0.717) is 15.9 Å². The molecule has 2 aromatic carbocycles. The Hall–Kier alpha value is -3.68. The predicted octanol–water partition coefficient (Wildman–Crippen LogP) is 4.27. The van der Waals surface area contributed by atoms with Crippen molar-refractivity contribution in [2.45, 2.75) is 18.0 Å². The number of pyridine rings is 1. The van der Waals surface area contributed by atoms with Gasteiger partial charge in [0.2, 0.25) is 5.78 Å². The number of alkyl halides is 3. The minimum absolute atomic E-state index is 0.0314. The molecule has 0 saturated carbocycles. The van der Waals surface area contributed by atoms with E-state index in [0.717, 1.165) is 24.4 Å². The number of H-pyrrole nitrogens is 1. The van der Waals surface area contributed by atoms with Crippen molar-refractivity contribution in [2.75, 3.05) is 18.1 Å². The van der Waals surface area contributed by atoms with Gasteiger partial charge in [0, 0.05) is 20.4 Å². The molecule has 0 saturated heterocycles. The zero-order chi connectivity index (χ0) is 28.0. The number of halogens is 4. The van der Waals surface area contributed by atoms with Gasteiger partial charge in [0.25, 0.3) is 10.0 Å². The van der Waals surface area contributed by atoms with E-state index >= 15 is 0 Å². The number of benzene rings is 2. The number of ketones is 1. The summed E-state index contributed by atoms with van der Waals surface area (Å²) in [5.41, 5.74) is -1.83. The second-order valence-electron chi connectivity index (χ2n) is 8.29. The number of carbonyl (C=O) groups excluding carboxylic acids is 1. The number of aromatic amines is 1. The van der Waals surface area contributed by atoms with E-state index in [1.807, 2.05) is 0 Å². The summed E-state index contributed by atoms with van der Waals surface area (Å²) in [5.74, 6) is -0.756. The van der Waals surface area contributed by atoms with E-state index < -0.39 is 44.9 Å². The molecule has 200 valence electrons. The number of fused-ring (bicyclic) bond motifs is 1. The van der Waals surface area contributed by atoms with Crippen molar-refractivity contribution in [3.05, 3.63) is 86.6 Å². The number of anilines is 1. The van der Waals surface area contributed by atoms with Gasteiger partial charge in [0.15, 0.2) is 0 Å². The lowest BCUT2D eigenvalue weighted by molar-refractivity contribution is -0.138.